The summed E-state index contributed by atoms with van der Waals surface area (Å²) in [7, 11) is 0. The zero-order valence-electron chi connectivity index (χ0n) is 21.1. The molecule has 7 nitrogen and oxygen atoms in total. The van der Waals surface area contributed by atoms with E-state index in [9.17, 15) is 31.1 Å². The number of amides is 2. The average Bonchev–Trinajstić information content (AvgIpc) is 3.52. The second-order valence-electron chi connectivity index (χ2n) is 9.91. The SMILES string of the molecule is Cc1cc(F)c(NC(=O)N2CC[C@@H](CC(F)(F)F)C2)cc1-c1cc(N2CCOCC2)c2nc(C(F)F)cn2c1. The summed E-state index contributed by atoms with van der Waals surface area (Å²) in [5.74, 6) is -1.40. The molecule has 0 aliphatic carbocycles. The highest BCUT2D eigenvalue weighted by molar-refractivity contribution is 5.91. The van der Waals surface area contributed by atoms with Crippen molar-refractivity contribution in [1.29, 1.82) is 0 Å². The minimum atomic E-state index is -4.32. The lowest BCUT2D eigenvalue weighted by molar-refractivity contribution is -0.143. The summed E-state index contributed by atoms with van der Waals surface area (Å²) in [6.45, 7) is 3.74. The molecule has 39 heavy (non-hydrogen) atoms. The van der Waals surface area contributed by atoms with Gasteiger partial charge < -0.3 is 24.3 Å². The van der Waals surface area contributed by atoms with Crippen LogP contribution in [0.2, 0.25) is 0 Å². The molecular formula is C26H27F6N5O2. The first-order valence-corrected chi connectivity index (χ1v) is 12.5. The van der Waals surface area contributed by atoms with E-state index in [0.717, 1.165) is 0 Å². The molecule has 13 heteroatoms. The fraction of sp³-hybridized carbons (Fsp3) is 0.462. The van der Waals surface area contributed by atoms with Crippen LogP contribution in [0.4, 0.5) is 42.5 Å². The Balaban J connectivity index is 1.46. The topological polar surface area (TPSA) is 62.1 Å². The van der Waals surface area contributed by atoms with Gasteiger partial charge in [0.25, 0.3) is 6.43 Å². The van der Waals surface area contributed by atoms with Crippen LogP contribution in [0.3, 0.4) is 0 Å². The van der Waals surface area contributed by atoms with Gasteiger partial charge in [-0.1, -0.05) is 0 Å². The molecule has 1 atom stereocenters. The highest BCUT2D eigenvalue weighted by Crippen LogP contribution is 2.35. The number of aromatic nitrogens is 2. The second-order valence-corrected chi connectivity index (χ2v) is 9.91. The van der Waals surface area contributed by atoms with Gasteiger partial charge in [-0.25, -0.2) is 22.9 Å². The van der Waals surface area contributed by atoms with Gasteiger partial charge in [0, 0.05) is 50.6 Å². The fourth-order valence-electron chi connectivity index (χ4n) is 5.17. The number of nitrogens with zero attached hydrogens (tertiary/aromatic N) is 4. The number of fused-ring (bicyclic) bond motifs is 1. The van der Waals surface area contributed by atoms with E-state index in [2.05, 4.69) is 10.3 Å². The largest absolute Gasteiger partial charge is 0.389 e. The van der Waals surface area contributed by atoms with E-state index in [4.69, 9.17) is 4.74 Å². The molecule has 210 valence electrons. The van der Waals surface area contributed by atoms with Gasteiger partial charge in [0.05, 0.1) is 24.6 Å². The van der Waals surface area contributed by atoms with Gasteiger partial charge in [-0.15, -0.1) is 0 Å². The quantitative estimate of drug-likeness (QED) is 0.391. The lowest BCUT2D eigenvalue weighted by Crippen LogP contribution is -2.36. The molecule has 2 aliphatic heterocycles. The van der Waals surface area contributed by atoms with E-state index in [1.54, 1.807) is 19.2 Å². The van der Waals surface area contributed by atoms with Crippen LogP contribution in [0.1, 0.15) is 30.5 Å². The summed E-state index contributed by atoms with van der Waals surface area (Å²) >= 11 is 0. The van der Waals surface area contributed by atoms with Crippen molar-refractivity contribution in [2.45, 2.75) is 32.4 Å². The third kappa shape index (κ3) is 5.92. The van der Waals surface area contributed by atoms with Crippen LogP contribution in [0.5, 0.6) is 0 Å². The first-order chi connectivity index (χ1) is 18.5. The van der Waals surface area contributed by atoms with Crippen LogP contribution in [0, 0.1) is 18.7 Å². The van der Waals surface area contributed by atoms with Crippen molar-refractivity contribution in [3.8, 4) is 11.1 Å². The highest BCUT2D eigenvalue weighted by Gasteiger charge is 2.36. The number of urea groups is 1. The maximum Gasteiger partial charge on any atom is 0.389 e. The maximum atomic E-state index is 14.9. The first kappa shape index (κ1) is 27.1. The van der Waals surface area contributed by atoms with Crippen LogP contribution in [0.25, 0.3) is 16.8 Å². The molecule has 2 saturated heterocycles. The van der Waals surface area contributed by atoms with Crippen LogP contribution >= 0.6 is 0 Å². The number of hydrogen-bond acceptors (Lipinski definition) is 4. The molecule has 0 spiro atoms. The number of pyridine rings is 1. The summed E-state index contributed by atoms with van der Waals surface area (Å²) in [4.78, 5) is 20.1. The van der Waals surface area contributed by atoms with E-state index >= 15 is 0 Å². The smallest absolute Gasteiger partial charge is 0.378 e. The third-order valence-corrected chi connectivity index (χ3v) is 7.09. The van der Waals surface area contributed by atoms with Crippen molar-refractivity contribution in [3.05, 3.63) is 47.7 Å². The Morgan fingerprint density at radius 3 is 2.59 bits per heavy atom. The molecule has 4 heterocycles. The molecule has 2 aliphatic rings. The van der Waals surface area contributed by atoms with Gasteiger partial charge in [-0.05, 0) is 48.6 Å². The van der Waals surface area contributed by atoms with Crippen LogP contribution in [-0.2, 0) is 4.74 Å². The third-order valence-electron chi connectivity index (χ3n) is 7.09. The van der Waals surface area contributed by atoms with Gasteiger partial charge in [-0.2, -0.15) is 13.2 Å². The summed E-state index contributed by atoms with van der Waals surface area (Å²) in [6.07, 6.45) is -4.98. The Kier molecular flexibility index (Phi) is 7.36. The number of ether oxygens (including phenoxy) is 1. The molecule has 3 aromatic rings. The number of imidazole rings is 1. The van der Waals surface area contributed by atoms with Gasteiger partial charge in [0.1, 0.15) is 11.5 Å². The summed E-state index contributed by atoms with van der Waals surface area (Å²) < 4.78 is 87.0. The van der Waals surface area contributed by atoms with Crippen molar-refractivity contribution in [2.24, 2.45) is 5.92 Å². The number of hydrogen-bond donors (Lipinski definition) is 1. The molecule has 2 aromatic heterocycles. The molecule has 0 unspecified atom stereocenters. The lowest BCUT2D eigenvalue weighted by atomic mass is 10.00. The number of aryl methyl sites for hydroxylation is 1. The van der Waals surface area contributed by atoms with Crippen LogP contribution in [-0.4, -0.2) is 65.9 Å². The Bertz CT molecular complexity index is 1370. The van der Waals surface area contributed by atoms with E-state index in [-0.39, 0.29) is 30.9 Å². The van der Waals surface area contributed by atoms with E-state index in [0.29, 0.717) is 54.3 Å². The molecule has 5 rings (SSSR count). The first-order valence-electron chi connectivity index (χ1n) is 12.5. The number of morpholine rings is 1. The van der Waals surface area contributed by atoms with Crippen molar-refractivity contribution in [1.82, 2.24) is 14.3 Å². The number of nitrogens with one attached hydrogen (secondary N) is 1. The molecule has 0 saturated carbocycles. The molecular weight excluding hydrogens is 528 g/mol. The maximum absolute atomic E-state index is 14.9. The average molecular weight is 556 g/mol. The van der Waals surface area contributed by atoms with E-state index in [1.165, 1.54) is 27.6 Å². The Morgan fingerprint density at radius 2 is 1.90 bits per heavy atom. The number of carbonyl (C=O) groups excluding carboxylic acids is 1. The minimum absolute atomic E-state index is 0.0711. The summed E-state index contributed by atoms with van der Waals surface area (Å²) in [5, 5.41) is 2.49. The van der Waals surface area contributed by atoms with Gasteiger partial charge in [0.2, 0.25) is 0 Å². The Labute approximate surface area is 220 Å². The molecule has 0 radical (unpaired) electrons. The number of likely N-dealkylation sites (tertiary alicyclic amines) is 1. The Hall–Kier alpha value is -3.48. The molecule has 1 N–H and O–H groups in total. The Morgan fingerprint density at radius 1 is 1.15 bits per heavy atom. The van der Waals surface area contributed by atoms with Crippen molar-refractivity contribution in [3.63, 3.8) is 0 Å². The normalized spacial score (nSPS) is 18.4. The van der Waals surface area contributed by atoms with Gasteiger partial charge in [0.15, 0.2) is 5.65 Å². The molecule has 0 bridgehead atoms. The number of anilines is 2. The van der Waals surface area contributed by atoms with Crippen molar-refractivity contribution in [2.75, 3.05) is 49.6 Å². The predicted molar refractivity (Wildman–Crippen MR) is 133 cm³/mol. The number of carbonyl (C=O) groups is 1. The number of alkyl halides is 5. The zero-order chi connectivity index (χ0) is 27.9. The second kappa shape index (κ2) is 10.6. The number of halogens is 6. The fourth-order valence-corrected chi connectivity index (χ4v) is 5.17. The number of benzene rings is 1. The van der Waals surface area contributed by atoms with E-state index in [1.807, 2.05) is 4.90 Å². The van der Waals surface area contributed by atoms with Crippen molar-refractivity contribution < 1.29 is 35.9 Å². The van der Waals surface area contributed by atoms with Gasteiger partial charge in [-0.3, -0.25) is 0 Å². The monoisotopic (exact) mass is 555 g/mol. The standard InChI is InChI=1S/C26H27F6N5O2/c1-15-8-19(27)20(34-25(38)36-3-2-16(12-36)11-26(30,31)32)10-18(15)17-9-22(35-4-6-39-7-5-35)24-33-21(23(28)29)14-37(24)13-17/h8-10,13-14,16,23H,2-7,11-12H2,1H3,(H,34,38)/t16-/m0/s1. The molecule has 1 aromatic carbocycles. The van der Waals surface area contributed by atoms with Crippen molar-refractivity contribution >= 4 is 23.1 Å². The molecule has 2 fully saturated rings. The lowest BCUT2D eigenvalue weighted by Gasteiger charge is -2.29. The summed E-state index contributed by atoms with van der Waals surface area (Å²) in [5.41, 5.74) is 2.13. The predicted octanol–water partition coefficient (Wildman–Crippen LogP) is 6.03. The number of rotatable bonds is 5. The highest BCUT2D eigenvalue weighted by atomic mass is 19.4. The van der Waals surface area contributed by atoms with Crippen LogP contribution < -0.4 is 10.2 Å². The zero-order valence-corrected chi connectivity index (χ0v) is 21.1. The minimum Gasteiger partial charge on any atom is -0.378 e. The van der Waals surface area contributed by atoms with Gasteiger partial charge >= 0.3 is 12.2 Å². The van der Waals surface area contributed by atoms with Crippen LogP contribution in [0.15, 0.2) is 30.6 Å². The molecule has 2 amide bonds. The van der Waals surface area contributed by atoms with E-state index < -0.39 is 36.8 Å². The summed E-state index contributed by atoms with van der Waals surface area (Å²) in [6, 6.07) is 3.80.